The summed E-state index contributed by atoms with van der Waals surface area (Å²) in [5.41, 5.74) is 1.29. The van der Waals surface area contributed by atoms with Gasteiger partial charge in [-0.25, -0.2) is 0 Å². The predicted molar refractivity (Wildman–Crippen MR) is 118 cm³/mol. The Morgan fingerprint density at radius 3 is 2.60 bits per heavy atom. The van der Waals surface area contributed by atoms with Gasteiger partial charge in [-0.1, -0.05) is 19.3 Å². The third-order valence-electron chi connectivity index (χ3n) is 5.19. The van der Waals surface area contributed by atoms with Crippen LogP contribution in [0.25, 0.3) is 0 Å². The third-order valence-corrected chi connectivity index (χ3v) is 5.19. The molecular weight excluding hydrogens is 425 g/mol. The van der Waals surface area contributed by atoms with Crippen LogP contribution in [0.15, 0.2) is 23.3 Å². The first-order valence-electron chi connectivity index (χ1n) is 9.34. The number of nitrogens with zero attached hydrogens (tertiary/aromatic N) is 4. The fourth-order valence-electron chi connectivity index (χ4n) is 3.60. The lowest BCUT2D eigenvalue weighted by atomic mass is 9.94. The molecule has 0 saturated heterocycles. The van der Waals surface area contributed by atoms with Crippen LogP contribution in [0.1, 0.15) is 44.2 Å². The van der Waals surface area contributed by atoms with Crippen LogP contribution in [-0.4, -0.2) is 60.6 Å². The van der Waals surface area contributed by atoms with Gasteiger partial charge in [0, 0.05) is 45.6 Å². The van der Waals surface area contributed by atoms with Gasteiger partial charge < -0.3 is 19.7 Å². The SMILES string of the molecule is CN=C(NCCCN(C)C1CCCCC1)N(C)Cc1cccn1C.I. The zero-order chi connectivity index (χ0) is 17.4. The summed E-state index contributed by atoms with van der Waals surface area (Å²) in [7, 11) is 8.32. The highest BCUT2D eigenvalue weighted by Gasteiger charge is 2.17. The average molecular weight is 461 g/mol. The van der Waals surface area contributed by atoms with Crippen LogP contribution < -0.4 is 5.32 Å². The van der Waals surface area contributed by atoms with E-state index in [4.69, 9.17) is 0 Å². The van der Waals surface area contributed by atoms with Gasteiger partial charge in [0.25, 0.3) is 0 Å². The molecule has 1 aliphatic rings. The minimum Gasteiger partial charge on any atom is -0.356 e. The van der Waals surface area contributed by atoms with E-state index in [1.165, 1.54) is 37.8 Å². The van der Waals surface area contributed by atoms with Crippen LogP contribution in [0.5, 0.6) is 0 Å². The molecule has 1 N–H and O–H groups in total. The van der Waals surface area contributed by atoms with E-state index in [9.17, 15) is 0 Å². The maximum atomic E-state index is 4.41. The maximum absolute atomic E-state index is 4.41. The summed E-state index contributed by atoms with van der Waals surface area (Å²) >= 11 is 0. The molecule has 0 amide bonds. The molecule has 25 heavy (non-hydrogen) atoms. The Morgan fingerprint density at radius 2 is 2.00 bits per heavy atom. The number of nitrogens with one attached hydrogen (secondary N) is 1. The van der Waals surface area contributed by atoms with E-state index >= 15 is 0 Å². The molecule has 0 spiro atoms. The average Bonchev–Trinajstić information content (AvgIpc) is 3.00. The number of rotatable bonds is 7. The molecule has 1 saturated carbocycles. The Bertz CT molecular complexity index is 508. The van der Waals surface area contributed by atoms with Gasteiger partial charge in [0.05, 0.1) is 6.54 Å². The predicted octanol–water partition coefficient (Wildman–Crippen LogP) is 3.30. The molecule has 0 radical (unpaired) electrons. The molecule has 1 aromatic rings. The van der Waals surface area contributed by atoms with Gasteiger partial charge in [-0.2, -0.15) is 0 Å². The van der Waals surface area contributed by atoms with E-state index in [0.29, 0.717) is 0 Å². The summed E-state index contributed by atoms with van der Waals surface area (Å²) in [4.78, 5) is 9.15. The van der Waals surface area contributed by atoms with E-state index in [1.807, 2.05) is 7.05 Å². The highest BCUT2D eigenvalue weighted by Crippen LogP contribution is 2.21. The Hall–Kier alpha value is -0.760. The first-order chi connectivity index (χ1) is 11.6. The van der Waals surface area contributed by atoms with E-state index in [-0.39, 0.29) is 24.0 Å². The highest BCUT2D eigenvalue weighted by atomic mass is 127. The van der Waals surface area contributed by atoms with E-state index in [1.54, 1.807) is 0 Å². The van der Waals surface area contributed by atoms with Crippen LogP contribution in [0.3, 0.4) is 0 Å². The molecule has 1 heterocycles. The summed E-state index contributed by atoms with van der Waals surface area (Å²) in [6, 6.07) is 5.04. The molecular formula is C19H36IN5. The normalized spacial score (nSPS) is 16.0. The number of guanidine groups is 1. The van der Waals surface area contributed by atoms with Gasteiger partial charge in [-0.05, 0) is 45.0 Å². The van der Waals surface area contributed by atoms with Crippen molar-refractivity contribution in [3.63, 3.8) is 0 Å². The van der Waals surface area contributed by atoms with Crippen molar-refractivity contribution in [2.24, 2.45) is 12.0 Å². The molecule has 0 atom stereocenters. The number of aromatic nitrogens is 1. The summed E-state index contributed by atoms with van der Waals surface area (Å²) < 4.78 is 2.16. The molecule has 1 aromatic heterocycles. The van der Waals surface area contributed by atoms with Crippen LogP contribution >= 0.6 is 24.0 Å². The summed E-state index contributed by atoms with van der Waals surface area (Å²) in [6.07, 6.45) is 10.2. The maximum Gasteiger partial charge on any atom is 0.193 e. The van der Waals surface area contributed by atoms with Crippen molar-refractivity contribution in [3.05, 3.63) is 24.0 Å². The van der Waals surface area contributed by atoms with Crippen molar-refractivity contribution in [3.8, 4) is 0 Å². The number of halogens is 1. The minimum absolute atomic E-state index is 0. The number of aliphatic imine (C=N–C) groups is 1. The van der Waals surface area contributed by atoms with Crippen LogP contribution in [0.2, 0.25) is 0 Å². The Kier molecular flexibility index (Phi) is 10.5. The van der Waals surface area contributed by atoms with Crippen molar-refractivity contribution in [2.75, 3.05) is 34.2 Å². The van der Waals surface area contributed by atoms with Gasteiger partial charge in [0.1, 0.15) is 0 Å². The lowest BCUT2D eigenvalue weighted by molar-refractivity contribution is 0.190. The molecule has 144 valence electrons. The monoisotopic (exact) mass is 461 g/mol. The van der Waals surface area contributed by atoms with E-state index in [2.05, 4.69) is 64.1 Å². The minimum atomic E-state index is 0. The molecule has 1 aliphatic carbocycles. The molecule has 1 fully saturated rings. The molecule has 2 rings (SSSR count). The molecule has 0 bridgehead atoms. The van der Waals surface area contributed by atoms with Crippen molar-refractivity contribution >= 4 is 29.9 Å². The quantitative estimate of drug-likeness (QED) is 0.293. The first-order valence-corrected chi connectivity index (χ1v) is 9.34. The highest BCUT2D eigenvalue weighted by molar-refractivity contribution is 14.0. The number of aryl methyl sites for hydroxylation is 1. The molecule has 0 aromatic carbocycles. The molecule has 0 unspecified atom stereocenters. The summed E-state index contributed by atoms with van der Waals surface area (Å²) in [5, 5.41) is 3.50. The van der Waals surface area contributed by atoms with Gasteiger partial charge >= 0.3 is 0 Å². The van der Waals surface area contributed by atoms with Gasteiger partial charge in [-0.15, -0.1) is 24.0 Å². The van der Waals surface area contributed by atoms with Gasteiger partial charge in [-0.3, -0.25) is 4.99 Å². The largest absolute Gasteiger partial charge is 0.356 e. The second-order valence-corrected chi connectivity index (χ2v) is 7.07. The van der Waals surface area contributed by atoms with Crippen molar-refractivity contribution in [2.45, 2.75) is 51.1 Å². The van der Waals surface area contributed by atoms with Crippen LogP contribution in [0.4, 0.5) is 0 Å². The Labute approximate surface area is 170 Å². The van der Waals surface area contributed by atoms with Crippen molar-refractivity contribution < 1.29 is 0 Å². The second kappa shape index (κ2) is 11.8. The summed E-state index contributed by atoms with van der Waals surface area (Å²) in [5.74, 6) is 0.969. The number of hydrogen-bond donors (Lipinski definition) is 1. The lowest BCUT2D eigenvalue weighted by Gasteiger charge is -2.31. The van der Waals surface area contributed by atoms with Crippen molar-refractivity contribution in [1.29, 1.82) is 0 Å². The lowest BCUT2D eigenvalue weighted by Crippen LogP contribution is -2.40. The molecule has 6 heteroatoms. The number of hydrogen-bond acceptors (Lipinski definition) is 2. The van der Waals surface area contributed by atoms with Crippen molar-refractivity contribution in [1.82, 2.24) is 19.7 Å². The fourth-order valence-corrected chi connectivity index (χ4v) is 3.60. The smallest absolute Gasteiger partial charge is 0.193 e. The van der Waals surface area contributed by atoms with Gasteiger partial charge in [0.15, 0.2) is 5.96 Å². The fraction of sp³-hybridized carbons (Fsp3) is 0.737. The van der Waals surface area contributed by atoms with Crippen LogP contribution in [0, 0.1) is 0 Å². The third kappa shape index (κ3) is 7.17. The summed E-state index contributed by atoms with van der Waals surface area (Å²) in [6.45, 7) is 3.00. The molecule has 0 aliphatic heterocycles. The Balaban J connectivity index is 0.00000312. The first kappa shape index (κ1) is 22.3. The zero-order valence-corrected chi connectivity index (χ0v) is 18.7. The topological polar surface area (TPSA) is 35.8 Å². The Morgan fingerprint density at radius 1 is 1.28 bits per heavy atom. The van der Waals surface area contributed by atoms with Crippen LogP contribution in [-0.2, 0) is 13.6 Å². The van der Waals surface area contributed by atoms with E-state index in [0.717, 1.165) is 38.1 Å². The molecule has 5 nitrogen and oxygen atoms in total. The van der Waals surface area contributed by atoms with E-state index < -0.39 is 0 Å². The van der Waals surface area contributed by atoms with Gasteiger partial charge in [0.2, 0.25) is 0 Å². The second-order valence-electron chi connectivity index (χ2n) is 7.07. The zero-order valence-electron chi connectivity index (χ0n) is 16.4. The standard InChI is InChI=1S/C19H35N5.HI/c1-20-19(24(4)16-18-12-8-14-23(18)3)21-13-9-15-22(2)17-10-6-5-7-11-17;/h8,12,14,17H,5-7,9-11,13,15-16H2,1-4H3,(H,20,21);1H.